The molecule has 8 heteroatoms. The van der Waals surface area contributed by atoms with Crippen LogP contribution in [0.2, 0.25) is 0 Å². The van der Waals surface area contributed by atoms with Crippen molar-refractivity contribution >= 4 is 21.8 Å². The molecular weight excluding hydrogens is 284 g/mol. The molecule has 7 nitrogen and oxygen atoms in total. The summed E-state index contributed by atoms with van der Waals surface area (Å²) < 4.78 is 23.2. The summed E-state index contributed by atoms with van der Waals surface area (Å²) in [7, 11) is -3.11. The van der Waals surface area contributed by atoms with Crippen molar-refractivity contribution in [1.82, 2.24) is 10.6 Å². The number of rotatable bonds is 6. The molecule has 0 saturated carbocycles. The van der Waals surface area contributed by atoms with Gasteiger partial charge >= 0.3 is 12.0 Å². The Kier molecular flexibility index (Phi) is 5.38. The van der Waals surface area contributed by atoms with E-state index in [0.29, 0.717) is 25.7 Å². The third-order valence-electron chi connectivity index (χ3n) is 3.56. The van der Waals surface area contributed by atoms with Crippen molar-refractivity contribution < 1.29 is 23.1 Å². The van der Waals surface area contributed by atoms with E-state index in [2.05, 4.69) is 10.6 Å². The van der Waals surface area contributed by atoms with Gasteiger partial charge in [-0.15, -0.1) is 0 Å². The number of nitrogens with one attached hydrogen (secondary N) is 2. The molecule has 2 amide bonds. The summed E-state index contributed by atoms with van der Waals surface area (Å²) >= 11 is 0. The highest BCUT2D eigenvalue weighted by Gasteiger charge is 2.35. The Bertz CT molecular complexity index is 476. The molecule has 0 spiro atoms. The molecule has 1 fully saturated rings. The SMILES string of the molecule is CCCC(C)(NC(=O)NCC1CCCS1(=O)=O)C(=O)O. The molecule has 2 unspecified atom stereocenters. The second-order valence-electron chi connectivity index (χ2n) is 5.35. The zero-order chi connectivity index (χ0) is 15.4. The number of hydrogen-bond donors (Lipinski definition) is 3. The van der Waals surface area contributed by atoms with Gasteiger partial charge in [0.1, 0.15) is 5.54 Å². The van der Waals surface area contributed by atoms with Crippen LogP contribution in [0.1, 0.15) is 39.5 Å². The fourth-order valence-electron chi connectivity index (χ4n) is 2.31. The second-order valence-corrected chi connectivity index (χ2v) is 7.75. The first-order chi connectivity index (χ1) is 9.21. The van der Waals surface area contributed by atoms with Crippen molar-refractivity contribution in [2.75, 3.05) is 12.3 Å². The summed E-state index contributed by atoms with van der Waals surface area (Å²) in [5.41, 5.74) is -1.34. The maximum Gasteiger partial charge on any atom is 0.329 e. The summed E-state index contributed by atoms with van der Waals surface area (Å²) in [6.45, 7) is 3.28. The van der Waals surface area contributed by atoms with Crippen LogP contribution in [0.15, 0.2) is 0 Å². The van der Waals surface area contributed by atoms with Gasteiger partial charge < -0.3 is 15.7 Å². The quantitative estimate of drug-likeness (QED) is 0.661. The van der Waals surface area contributed by atoms with Crippen LogP contribution in [-0.2, 0) is 14.6 Å². The molecule has 0 aromatic rings. The first kappa shape index (κ1) is 16.7. The highest BCUT2D eigenvalue weighted by atomic mass is 32.2. The first-order valence-electron chi connectivity index (χ1n) is 6.72. The van der Waals surface area contributed by atoms with Gasteiger partial charge in [-0.05, 0) is 26.2 Å². The number of aliphatic carboxylic acids is 1. The smallest absolute Gasteiger partial charge is 0.329 e. The van der Waals surface area contributed by atoms with Crippen LogP contribution in [0.25, 0.3) is 0 Å². The number of carboxylic acids is 1. The van der Waals surface area contributed by atoms with E-state index >= 15 is 0 Å². The molecule has 1 rings (SSSR count). The third kappa shape index (κ3) is 4.09. The van der Waals surface area contributed by atoms with Gasteiger partial charge in [0, 0.05) is 6.54 Å². The Morgan fingerprint density at radius 2 is 2.05 bits per heavy atom. The van der Waals surface area contributed by atoms with Crippen molar-refractivity contribution in [2.45, 2.75) is 50.3 Å². The lowest BCUT2D eigenvalue weighted by atomic mass is 9.97. The van der Waals surface area contributed by atoms with Gasteiger partial charge in [-0.2, -0.15) is 0 Å². The van der Waals surface area contributed by atoms with Crippen LogP contribution in [0.3, 0.4) is 0 Å². The molecule has 1 aliphatic rings. The van der Waals surface area contributed by atoms with Gasteiger partial charge in [-0.3, -0.25) is 0 Å². The Balaban J connectivity index is 2.53. The van der Waals surface area contributed by atoms with Gasteiger partial charge in [0.25, 0.3) is 0 Å². The minimum absolute atomic E-state index is 0.0238. The zero-order valence-electron chi connectivity index (χ0n) is 11.8. The van der Waals surface area contributed by atoms with Crippen molar-refractivity contribution in [1.29, 1.82) is 0 Å². The lowest BCUT2D eigenvalue weighted by molar-refractivity contribution is -0.144. The minimum atomic E-state index is -3.11. The number of sulfone groups is 1. The summed E-state index contributed by atoms with van der Waals surface area (Å²) in [5.74, 6) is -0.952. The van der Waals surface area contributed by atoms with Crippen LogP contribution in [-0.4, -0.2) is 48.6 Å². The van der Waals surface area contributed by atoms with Gasteiger partial charge in [0.2, 0.25) is 0 Å². The largest absolute Gasteiger partial charge is 0.480 e. The molecule has 1 heterocycles. The van der Waals surface area contributed by atoms with Crippen molar-refractivity contribution in [3.63, 3.8) is 0 Å². The maximum absolute atomic E-state index is 11.7. The first-order valence-corrected chi connectivity index (χ1v) is 8.44. The highest BCUT2D eigenvalue weighted by molar-refractivity contribution is 7.92. The van der Waals surface area contributed by atoms with E-state index in [1.54, 1.807) is 0 Å². The van der Waals surface area contributed by atoms with E-state index in [-0.39, 0.29) is 12.3 Å². The van der Waals surface area contributed by atoms with Crippen LogP contribution >= 0.6 is 0 Å². The molecule has 0 radical (unpaired) electrons. The van der Waals surface area contributed by atoms with E-state index in [1.807, 2.05) is 6.92 Å². The van der Waals surface area contributed by atoms with Crippen LogP contribution in [0.5, 0.6) is 0 Å². The minimum Gasteiger partial charge on any atom is -0.480 e. The van der Waals surface area contributed by atoms with E-state index in [9.17, 15) is 18.0 Å². The molecule has 0 aliphatic carbocycles. The van der Waals surface area contributed by atoms with E-state index in [0.717, 1.165) is 0 Å². The van der Waals surface area contributed by atoms with E-state index in [1.165, 1.54) is 6.92 Å². The fourth-order valence-corrected chi connectivity index (χ4v) is 4.08. The average Bonchev–Trinajstić information content (AvgIpc) is 2.65. The average molecular weight is 306 g/mol. The zero-order valence-corrected chi connectivity index (χ0v) is 12.6. The Hall–Kier alpha value is -1.31. The van der Waals surface area contributed by atoms with E-state index in [4.69, 9.17) is 5.11 Å². The van der Waals surface area contributed by atoms with Crippen LogP contribution < -0.4 is 10.6 Å². The van der Waals surface area contributed by atoms with Crippen molar-refractivity contribution in [2.24, 2.45) is 0 Å². The van der Waals surface area contributed by atoms with Gasteiger partial charge in [-0.25, -0.2) is 18.0 Å². The normalized spacial score (nSPS) is 23.8. The lowest BCUT2D eigenvalue weighted by Gasteiger charge is -2.26. The number of carbonyl (C=O) groups excluding carboxylic acids is 1. The molecule has 2 atom stereocenters. The number of hydrogen-bond acceptors (Lipinski definition) is 4. The summed E-state index contributed by atoms with van der Waals surface area (Å²) in [5, 5.41) is 13.4. The molecule has 0 aromatic carbocycles. The topological polar surface area (TPSA) is 113 Å². The maximum atomic E-state index is 11.7. The van der Waals surface area contributed by atoms with E-state index < -0.39 is 32.6 Å². The third-order valence-corrected chi connectivity index (χ3v) is 5.84. The second kappa shape index (κ2) is 6.43. The van der Waals surface area contributed by atoms with Crippen molar-refractivity contribution in [3.05, 3.63) is 0 Å². The Morgan fingerprint density at radius 3 is 2.50 bits per heavy atom. The number of carbonyl (C=O) groups is 2. The van der Waals surface area contributed by atoms with Gasteiger partial charge in [-0.1, -0.05) is 13.3 Å². The molecule has 3 N–H and O–H groups in total. The van der Waals surface area contributed by atoms with Gasteiger partial charge in [0.15, 0.2) is 9.84 Å². The Morgan fingerprint density at radius 1 is 1.40 bits per heavy atom. The summed E-state index contributed by atoms with van der Waals surface area (Å²) in [6, 6.07) is -0.648. The van der Waals surface area contributed by atoms with Gasteiger partial charge in [0.05, 0.1) is 11.0 Å². The lowest BCUT2D eigenvalue weighted by Crippen LogP contribution is -2.56. The molecule has 116 valence electrons. The van der Waals surface area contributed by atoms with Crippen LogP contribution in [0, 0.1) is 0 Å². The number of carboxylic acid groups (broad SMARTS) is 1. The van der Waals surface area contributed by atoms with Crippen molar-refractivity contribution in [3.8, 4) is 0 Å². The molecule has 0 bridgehead atoms. The number of urea groups is 1. The molecule has 1 saturated heterocycles. The van der Waals surface area contributed by atoms with Crippen LogP contribution in [0.4, 0.5) is 4.79 Å². The summed E-state index contributed by atoms with van der Waals surface area (Å²) in [6.07, 6.45) is 2.06. The number of amides is 2. The Labute approximate surface area is 119 Å². The molecule has 0 aromatic heterocycles. The fraction of sp³-hybridized carbons (Fsp3) is 0.833. The standard InChI is InChI=1S/C12H22N2O5S/c1-3-6-12(2,10(15)16)14-11(17)13-8-9-5-4-7-20(9,18)19/h9H,3-8H2,1-2H3,(H,15,16)(H2,13,14,17). The monoisotopic (exact) mass is 306 g/mol. The molecular formula is C12H22N2O5S. The summed E-state index contributed by atoms with van der Waals surface area (Å²) in [4.78, 5) is 22.9. The predicted molar refractivity (Wildman–Crippen MR) is 74.3 cm³/mol. The molecule has 20 heavy (non-hydrogen) atoms. The predicted octanol–water partition coefficient (Wildman–Crippen LogP) is 0.506. The molecule has 1 aliphatic heterocycles. The highest BCUT2D eigenvalue weighted by Crippen LogP contribution is 2.19.